The molecule has 0 unspecified atom stereocenters. The fourth-order valence-corrected chi connectivity index (χ4v) is 2.46. The molecule has 0 saturated carbocycles. The van der Waals surface area contributed by atoms with E-state index in [9.17, 15) is 0 Å². The van der Waals surface area contributed by atoms with Crippen molar-refractivity contribution < 1.29 is 0 Å². The molecule has 0 aliphatic heterocycles. The Morgan fingerprint density at radius 3 is 2.43 bits per heavy atom. The summed E-state index contributed by atoms with van der Waals surface area (Å²) in [5, 5.41) is 0. The van der Waals surface area contributed by atoms with Crippen LogP contribution >= 0.6 is 39.3 Å². The summed E-state index contributed by atoms with van der Waals surface area (Å²) in [6.07, 6.45) is 3.64. The van der Waals surface area contributed by atoms with Gasteiger partial charge in [0, 0.05) is 15.2 Å². The van der Waals surface area contributed by atoms with Gasteiger partial charge in [-0.1, -0.05) is 22.4 Å². The molecule has 0 radical (unpaired) electrons. The molecule has 3 heteroatoms. The molecule has 1 aromatic carbocycles. The van der Waals surface area contributed by atoms with Gasteiger partial charge in [-0.25, -0.2) is 0 Å². The van der Waals surface area contributed by atoms with Crippen molar-refractivity contribution in [3.63, 3.8) is 0 Å². The molecule has 1 rings (SSSR count). The minimum absolute atomic E-state index is 0.795. The zero-order chi connectivity index (χ0) is 10.2. The maximum Gasteiger partial charge on any atom is 0.0223 e. The summed E-state index contributed by atoms with van der Waals surface area (Å²) in [5.74, 6) is 1.99. The van der Waals surface area contributed by atoms with E-state index in [4.69, 9.17) is 11.6 Å². The van der Waals surface area contributed by atoms with E-state index in [2.05, 4.69) is 40.2 Å². The van der Waals surface area contributed by atoms with Crippen LogP contribution in [0.15, 0.2) is 33.6 Å². The molecular formula is C11H14BrClS. The van der Waals surface area contributed by atoms with E-state index in [0.717, 1.165) is 16.8 Å². The van der Waals surface area contributed by atoms with Gasteiger partial charge in [0.15, 0.2) is 0 Å². The first-order valence-electron chi connectivity index (χ1n) is 4.77. The maximum atomic E-state index is 5.60. The van der Waals surface area contributed by atoms with Gasteiger partial charge in [0.2, 0.25) is 0 Å². The van der Waals surface area contributed by atoms with Gasteiger partial charge in [-0.15, -0.1) is 23.4 Å². The maximum absolute atomic E-state index is 5.60. The molecular weight excluding hydrogens is 280 g/mol. The Bertz CT molecular complexity index is 248. The van der Waals surface area contributed by atoms with Crippen molar-refractivity contribution in [2.75, 3.05) is 11.6 Å². The van der Waals surface area contributed by atoms with Crippen molar-refractivity contribution in [2.24, 2.45) is 0 Å². The molecule has 0 amide bonds. The van der Waals surface area contributed by atoms with Gasteiger partial charge in [-0.2, -0.15) is 0 Å². The number of rotatable bonds is 6. The summed E-state index contributed by atoms with van der Waals surface area (Å²) in [4.78, 5) is 1.35. The third-order valence-electron chi connectivity index (χ3n) is 1.86. The Hall–Kier alpha value is 0.340. The van der Waals surface area contributed by atoms with Crippen LogP contribution in [0, 0.1) is 0 Å². The van der Waals surface area contributed by atoms with Crippen LogP contribution < -0.4 is 0 Å². The number of hydrogen-bond donors (Lipinski definition) is 0. The van der Waals surface area contributed by atoms with Crippen molar-refractivity contribution in [3.8, 4) is 0 Å². The van der Waals surface area contributed by atoms with Crippen molar-refractivity contribution in [2.45, 2.75) is 24.2 Å². The quantitative estimate of drug-likeness (QED) is 0.406. The summed E-state index contributed by atoms with van der Waals surface area (Å²) < 4.78 is 1.14. The minimum atomic E-state index is 0.795. The van der Waals surface area contributed by atoms with Crippen molar-refractivity contribution in [3.05, 3.63) is 28.7 Å². The van der Waals surface area contributed by atoms with Gasteiger partial charge in [0.25, 0.3) is 0 Å². The zero-order valence-electron chi connectivity index (χ0n) is 8.01. The highest BCUT2D eigenvalue weighted by molar-refractivity contribution is 9.10. The molecule has 0 fully saturated rings. The molecule has 1 aromatic rings. The normalized spacial score (nSPS) is 10.4. The highest BCUT2D eigenvalue weighted by atomic mass is 79.9. The first-order valence-corrected chi connectivity index (χ1v) is 7.08. The molecule has 0 saturated heterocycles. The zero-order valence-corrected chi connectivity index (χ0v) is 11.2. The largest absolute Gasteiger partial charge is 0.127 e. The second-order valence-corrected chi connectivity index (χ2v) is 5.51. The molecule has 0 aliphatic carbocycles. The lowest BCUT2D eigenvalue weighted by atomic mass is 10.3. The molecule has 0 nitrogen and oxygen atoms in total. The average Bonchev–Trinajstić information content (AvgIpc) is 2.21. The van der Waals surface area contributed by atoms with E-state index in [1.165, 1.54) is 23.5 Å². The van der Waals surface area contributed by atoms with E-state index in [1.807, 2.05) is 11.8 Å². The topological polar surface area (TPSA) is 0 Å². The number of hydrogen-bond acceptors (Lipinski definition) is 1. The van der Waals surface area contributed by atoms with Crippen LogP contribution in [0.25, 0.3) is 0 Å². The standard InChI is InChI=1S/C11H14BrClS/c12-10-4-6-11(7-5-10)14-9-3-1-2-8-13/h4-7H,1-3,8-9H2. The third-order valence-corrected chi connectivity index (χ3v) is 3.75. The van der Waals surface area contributed by atoms with Crippen molar-refractivity contribution in [1.82, 2.24) is 0 Å². The van der Waals surface area contributed by atoms with Crippen LogP contribution in [0.5, 0.6) is 0 Å². The molecule has 14 heavy (non-hydrogen) atoms. The second kappa shape index (κ2) is 7.61. The van der Waals surface area contributed by atoms with Gasteiger partial charge in [0.05, 0.1) is 0 Å². The van der Waals surface area contributed by atoms with Gasteiger partial charge in [0.1, 0.15) is 0 Å². The monoisotopic (exact) mass is 292 g/mol. The number of alkyl halides is 1. The fourth-order valence-electron chi connectivity index (χ4n) is 1.09. The summed E-state index contributed by atoms with van der Waals surface area (Å²) in [7, 11) is 0. The van der Waals surface area contributed by atoms with Gasteiger partial charge < -0.3 is 0 Å². The Morgan fingerprint density at radius 2 is 1.79 bits per heavy atom. The lowest BCUT2D eigenvalue weighted by Gasteiger charge is -2.01. The van der Waals surface area contributed by atoms with Crippen molar-refractivity contribution >= 4 is 39.3 Å². The molecule has 0 atom stereocenters. The Labute approximate surface area is 104 Å². The van der Waals surface area contributed by atoms with E-state index < -0.39 is 0 Å². The van der Waals surface area contributed by atoms with Crippen LogP contribution in [0.4, 0.5) is 0 Å². The summed E-state index contributed by atoms with van der Waals surface area (Å²) >= 11 is 10.9. The summed E-state index contributed by atoms with van der Waals surface area (Å²) in [6, 6.07) is 8.47. The minimum Gasteiger partial charge on any atom is -0.127 e. The van der Waals surface area contributed by atoms with Crippen LogP contribution in [0.2, 0.25) is 0 Å². The molecule has 78 valence electrons. The Morgan fingerprint density at radius 1 is 1.07 bits per heavy atom. The van der Waals surface area contributed by atoms with Gasteiger partial charge in [-0.05, 0) is 42.9 Å². The molecule has 0 bridgehead atoms. The van der Waals surface area contributed by atoms with E-state index in [-0.39, 0.29) is 0 Å². The second-order valence-electron chi connectivity index (χ2n) is 3.05. The van der Waals surface area contributed by atoms with E-state index in [1.54, 1.807) is 0 Å². The average molecular weight is 294 g/mol. The predicted molar refractivity (Wildman–Crippen MR) is 69.4 cm³/mol. The number of unbranched alkanes of at least 4 members (excludes halogenated alkanes) is 2. The number of benzene rings is 1. The Kier molecular flexibility index (Phi) is 6.74. The molecule has 0 heterocycles. The molecule has 0 spiro atoms. The number of thioether (sulfide) groups is 1. The van der Waals surface area contributed by atoms with Crippen LogP contribution in [0.3, 0.4) is 0 Å². The third kappa shape index (κ3) is 5.28. The lowest BCUT2D eigenvalue weighted by Crippen LogP contribution is -1.82. The summed E-state index contributed by atoms with van der Waals surface area (Å²) in [5.41, 5.74) is 0. The van der Waals surface area contributed by atoms with Crippen LogP contribution in [-0.4, -0.2) is 11.6 Å². The van der Waals surface area contributed by atoms with E-state index in [0.29, 0.717) is 0 Å². The molecule has 0 aromatic heterocycles. The highest BCUT2D eigenvalue weighted by Crippen LogP contribution is 2.21. The molecule has 0 aliphatic rings. The van der Waals surface area contributed by atoms with E-state index >= 15 is 0 Å². The van der Waals surface area contributed by atoms with Gasteiger partial charge in [-0.3, -0.25) is 0 Å². The van der Waals surface area contributed by atoms with Crippen LogP contribution in [0.1, 0.15) is 19.3 Å². The highest BCUT2D eigenvalue weighted by Gasteiger charge is 1.94. The smallest absolute Gasteiger partial charge is 0.0223 e. The SMILES string of the molecule is ClCCCCCSc1ccc(Br)cc1. The summed E-state index contributed by atoms with van der Waals surface area (Å²) in [6.45, 7) is 0. The first kappa shape index (κ1) is 12.4. The number of halogens is 2. The lowest BCUT2D eigenvalue weighted by molar-refractivity contribution is 0.783. The fraction of sp³-hybridized carbons (Fsp3) is 0.455. The van der Waals surface area contributed by atoms with Gasteiger partial charge >= 0.3 is 0 Å². The Balaban J connectivity index is 2.15. The predicted octanol–water partition coefficient (Wildman–Crippen LogP) is 4.95. The first-order chi connectivity index (χ1) is 6.83. The van der Waals surface area contributed by atoms with Crippen LogP contribution in [-0.2, 0) is 0 Å². The molecule has 0 N–H and O–H groups in total. The van der Waals surface area contributed by atoms with Crippen molar-refractivity contribution in [1.29, 1.82) is 0 Å².